The van der Waals surface area contributed by atoms with E-state index in [0.717, 1.165) is 19.3 Å². The van der Waals surface area contributed by atoms with Crippen LogP contribution in [0.4, 0.5) is 0 Å². The Morgan fingerprint density at radius 2 is 2.12 bits per heavy atom. The van der Waals surface area contributed by atoms with Gasteiger partial charge < -0.3 is 4.74 Å². The van der Waals surface area contributed by atoms with Crippen LogP contribution in [0.5, 0.6) is 0 Å². The van der Waals surface area contributed by atoms with E-state index in [1.54, 1.807) is 11.1 Å². The van der Waals surface area contributed by atoms with Crippen molar-refractivity contribution in [3.63, 3.8) is 0 Å². The quantitative estimate of drug-likeness (QED) is 0.417. The fourth-order valence-electron chi connectivity index (χ4n) is 5.89. The highest BCUT2D eigenvalue weighted by molar-refractivity contribution is 9.09. The lowest BCUT2D eigenvalue weighted by molar-refractivity contribution is -0.168. The Hall–Kier alpha value is -0.570. The number of carbonyl (C=O) groups is 1. The van der Waals surface area contributed by atoms with Crippen molar-refractivity contribution in [1.82, 2.24) is 0 Å². The van der Waals surface area contributed by atoms with Gasteiger partial charge in [-0.25, -0.2) is 0 Å². The minimum atomic E-state index is -0.334. The summed E-state index contributed by atoms with van der Waals surface area (Å²) in [4.78, 5) is 12.9. The van der Waals surface area contributed by atoms with Gasteiger partial charge in [0.25, 0.3) is 0 Å². The molecule has 140 valence electrons. The van der Waals surface area contributed by atoms with Gasteiger partial charge in [-0.2, -0.15) is 0 Å². The van der Waals surface area contributed by atoms with Crippen molar-refractivity contribution < 1.29 is 9.53 Å². The average Bonchev–Trinajstić information content (AvgIpc) is 2.58. The number of hydrogen-bond acceptors (Lipinski definition) is 2. The normalized spacial score (nSPS) is 37.7. The molecule has 0 heterocycles. The maximum Gasteiger partial charge on any atom is 0.312 e. The number of alkyl halides is 1. The molecule has 0 N–H and O–H groups in total. The van der Waals surface area contributed by atoms with Crippen LogP contribution in [0.3, 0.4) is 0 Å². The van der Waals surface area contributed by atoms with E-state index in [-0.39, 0.29) is 16.8 Å². The largest absolute Gasteiger partial charge is 0.464 e. The van der Waals surface area contributed by atoms with E-state index in [4.69, 9.17) is 4.74 Å². The molecule has 3 aliphatic rings. The topological polar surface area (TPSA) is 26.3 Å². The zero-order valence-corrected chi connectivity index (χ0v) is 17.8. The fourth-order valence-corrected chi connectivity index (χ4v) is 6.05. The molecule has 3 rings (SSSR count). The summed E-state index contributed by atoms with van der Waals surface area (Å²) in [5.74, 6) is 1.67. The molecule has 4 atom stereocenters. The molecule has 0 amide bonds. The van der Waals surface area contributed by atoms with Gasteiger partial charge in [0.2, 0.25) is 0 Å². The molecular weight excluding hydrogens is 376 g/mol. The molecule has 0 aromatic rings. The Morgan fingerprint density at radius 1 is 1.36 bits per heavy atom. The number of hydrogen-bond donors (Lipinski definition) is 0. The van der Waals surface area contributed by atoms with Crippen molar-refractivity contribution in [3.8, 4) is 0 Å². The van der Waals surface area contributed by atoms with Crippen LogP contribution in [0.15, 0.2) is 23.3 Å². The van der Waals surface area contributed by atoms with Crippen molar-refractivity contribution in [2.75, 3.05) is 11.9 Å². The van der Waals surface area contributed by atoms with Gasteiger partial charge in [0.15, 0.2) is 0 Å². The Bertz CT molecular complexity index is 591. The van der Waals surface area contributed by atoms with Gasteiger partial charge in [-0.3, -0.25) is 4.79 Å². The van der Waals surface area contributed by atoms with Crippen LogP contribution in [0.25, 0.3) is 0 Å². The molecule has 1 saturated carbocycles. The summed E-state index contributed by atoms with van der Waals surface area (Å²) < 4.78 is 5.59. The molecule has 2 nitrogen and oxygen atoms in total. The molecule has 0 saturated heterocycles. The lowest BCUT2D eigenvalue weighted by Gasteiger charge is -2.57. The zero-order chi connectivity index (χ0) is 18.2. The summed E-state index contributed by atoms with van der Waals surface area (Å²) in [5.41, 5.74) is 3.04. The molecule has 0 unspecified atom stereocenters. The molecule has 3 aliphatic carbocycles. The van der Waals surface area contributed by atoms with Crippen molar-refractivity contribution in [1.29, 1.82) is 0 Å². The molecule has 0 bridgehead atoms. The lowest BCUT2D eigenvalue weighted by Crippen LogP contribution is -2.53. The van der Waals surface area contributed by atoms with E-state index in [0.29, 0.717) is 29.7 Å². The predicted molar refractivity (Wildman–Crippen MR) is 107 cm³/mol. The molecule has 1 fully saturated rings. The summed E-state index contributed by atoms with van der Waals surface area (Å²) in [6.45, 7) is 9.71. The van der Waals surface area contributed by atoms with Crippen LogP contribution in [-0.4, -0.2) is 17.9 Å². The Labute approximate surface area is 161 Å². The van der Waals surface area contributed by atoms with Gasteiger partial charge in [0.1, 0.15) is 6.61 Å². The third kappa shape index (κ3) is 3.26. The average molecular weight is 409 g/mol. The summed E-state index contributed by atoms with van der Waals surface area (Å²) in [7, 11) is 0. The first-order valence-electron chi connectivity index (χ1n) is 9.96. The van der Waals surface area contributed by atoms with Gasteiger partial charge in [0, 0.05) is 5.33 Å². The van der Waals surface area contributed by atoms with Crippen LogP contribution < -0.4 is 0 Å². The summed E-state index contributed by atoms with van der Waals surface area (Å²) >= 11 is 3.37. The third-order valence-electron chi connectivity index (χ3n) is 7.36. The Balaban J connectivity index is 1.91. The maximum atomic E-state index is 12.9. The van der Waals surface area contributed by atoms with Gasteiger partial charge in [-0.15, -0.1) is 0 Å². The molecule has 0 aliphatic heterocycles. The van der Waals surface area contributed by atoms with Crippen molar-refractivity contribution in [2.24, 2.45) is 28.6 Å². The number of allylic oxidation sites excluding steroid dienone is 4. The van der Waals surface area contributed by atoms with Crippen molar-refractivity contribution in [3.05, 3.63) is 23.3 Å². The second-order valence-corrected chi connectivity index (χ2v) is 9.85. The van der Waals surface area contributed by atoms with Gasteiger partial charge in [-0.1, -0.05) is 60.8 Å². The van der Waals surface area contributed by atoms with Gasteiger partial charge in [0.05, 0.1) is 5.41 Å². The van der Waals surface area contributed by atoms with Crippen LogP contribution in [-0.2, 0) is 9.53 Å². The lowest BCUT2D eigenvalue weighted by atomic mass is 9.47. The van der Waals surface area contributed by atoms with Crippen LogP contribution in [0.2, 0.25) is 0 Å². The number of ether oxygens (including phenoxy) is 1. The standard InChI is InChI=1S/C22H33BrO2/c1-15(2)16-6-8-18-17(14-16)7-9-19-21(18,3)10-5-11-22(19,4)20(24)25-13-12-23/h7,14-15,18-19H,5-6,8-13H2,1-4H3/t18-,19+,21+,22+/m0/s1. The van der Waals surface area contributed by atoms with E-state index >= 15 is 0 Å². The highest BCUT2D eigenvalue weighted by Gasteiger charge is 2.57. The van der Waals surface area contributed by atoms with E-state index in [2.05, 4.69) is 55.8 Å². The number of carbonyl (C=O) groups excluding carboxylic acids is 1. The third-order valence-corrected chi connectivity index (χ3v) is 7.68. The van der Waals surface area contributed by atoms with Crippen LogP contribution >= 0.6 is 15.9 Å². The molecule has 0 radical (unpaired) electrons. The minimum absolute atomic E-state index is 0.0222. The second-order valence-electron chi connectivity index (χ2n) is 9.06. The molecule has 0 aromatic carbocycles. The summed E-state index contributed by atoms with van der Waals surface area (Å²) in [6, 6.07) is 0. The number of halogens is 1. The van der Waals surface area contributed by atoms with Gasteiger partial charge in [-0.05, 0) is 67.8 Å². The smallest absolute Gasteiger partial charge is 0.312 e. The number of rotatable bonds is 4. The first kappa shape index (κ1) is 19.2. The molecular formula is C22H33BrO2. The fraction of sp³-hybridized carbons (Fsp3) is 0.773. The maximum absolute atomic E-state index is 12.9. The van der Waals surface area contributed by atoms with Crippen molar-refractivity contribution >= 4 is 21.9 Å². The van der Waals surface area contributed by atoms with E-state index < -0.39 is 0 Å². The zero-order valence-electron chi connectivity index (χ0n) is 16.2. The number of fused-ring (bicyclic) bond motifs is 3. The van der Waals surface area contributed by atoms with E-state index in [1.165, 1.54) is 19.3 Å². The second kappa shape index (κ2) is 7.21. The highest BCUT2D eigenvalue weighted by atomic mass is 79.9. The molecule has 3 heteroatoms. The van der Waals surface area contributed by atoms with E-state index in [1.807, 2.05) is 0 Å². The van der Waals surface area contributed by atoms with Crippen molar-refractivity contribution in [2.45, 2.75) is 66.2 Å². The SMILES string of the molecule is CC(C)C1=CC2=CC[C@@H]3[C@](C)(CCC[C@@]3(C)C(=O)OCCBr)[C@H]2CC1. The Kier molecular flexibility index (Phi) is 5.54. The minimum Gasteiger partial charge on any atom is -0.464 e. The van der Waals surface area contributed by atoms with Crippen LogP contribution in [0, 0.1) is 28.6 Å². The van der Waals surface area contributed by atoms with Crippen LogP contribution in [0.1, 0.15) is 66.2 Å². The monoisotopic (exact) mass is 408 g/mol. The van der Waals surface area contributed by atoms with E-state index in [9.17, 15) is 4.79 Å². The summed E-state index contributed by atoms with van der Waals surface area (Å²) in [6.07, 6.45) is 11.8. The first-order chi connectivity index (χ1) is 11.8. The number of esters is 1. The van der Waals surface area contributed by atoms with Gasteiger partial charge >= 0.3 is 5.97 Å². The predicted octanol–water partition coefficient (Wildman–Crippen LogP) is 6.06. The summed E-state index contributed by atoms with van der Waals surface area (Å²) in [5, 5.41) is 0.714. The Morgan fingerprint density at radius 3 is 2.80 bits per heavy atom. The first-order valence-corrected chi connectivity index (χ1v) is 11.1. The molecule has 0 spiro atoms. The molecule has 25 heavy (non-hydrogen) atoms. The highest BCUT2D eigenvalue weighted by Crippen LogP contribution is 2.62. The molecule has 0 aromatic heterocycles.